The minimum Gasteiger partial charge on any atom is -0.465 e. The highest BCUT2D eigenvalue weighted by Gasteiger charge is 2.63. The molecule has 0 aliphatic heterocycles. The van der Waals surface area contributed by atoms with Crippen LogP contribution in [0.4, 0.5) is 0 Å². The van der Waals surface area contributed by atoms with Crippen molar-refractivity contribution in [3.05, 3.63) is 12.2 Å². The average Bonchev–Trinajstić information content (AvgIpc) is 2.75. The van der Waals surface area contributed by atoms with Crippen LogP contribution in [0, 0.1) is 17.3 Å². The van der Waals surface area contributed by atoms with E-state index in [4.69, 9.17) is 9.47 Å². The Balaban J connectivity index is 2.44. The van der Waals surface area contributed by atoms with E-state index >= 15 is 0 Å². The van der Waals surface area contributed by atoms with E-state index < -0.39 is 23.3 Å². The molecule has 0 N–H and O–H groups in total. The normalized spacial score (nSPS) is 27.1. The third kappa shape index (κ3) is 2.39. The molecule has 0 spiro atoms. The maximum atomic E-state index is 12.5. The van der Waals surface area contributed by atoms with Crippen molar-refractivity contribution in [2.45, 2.75) is 39.5 Å². The Labute approximate surface area is 124 Å². The van der Waals surface area contributed by atoms with Gasteiger partial charge in [0.05, 0.1) is 13.2 Å². The fourth-order valence-corrected chi connectivity index (χ4v) is 3.74. The fraction of sp³-hybridized carbons (Fsp3) is 0.688. The van der Waals surface area contributed by atoms with E-state index in [1.165, 1.54) is 0 Å². The Bertz CT molecular complexity index is 461. The molecule has 2 unspecified atom stereocenters. The molecule has 0 amide bonds. The van der Waals surface area contributed by atoms with Gasteiger partial charge in [0.1, 0.15) is 5.78 Å². The van der Waals surface area contributed by atoms with Crippen LogP contribution in [0.1, 0.15) is 39.5 Å². The van der Waals surface area contributed by atoms with Gasteiger partial charge in [-0.25, -0.2) is 0 Å². The monoisotopic (exact) mass is 294 g/mol. The number of hydrogen-bond acceptors (Lipinski definition) is 5. The van der Waals surface area contributed by atoms with E-state index in [0.29, 0.717) is 24.8 Å². The minimum atomic E-state index is -1.39. The van der Waals surface area contributed by atoms with Gasteiger partial charge < -0.3 is 9.47 Å². The Hall–Kier alpha value is -1.65. The number of hydrogen-bond donors (Lipinski definition) is 0. The number of carbonyl (C=O) groups is 3. The summed E-state index contributed by atoms with van der Waals surface area (Å²) in [4.78, 5) is 37.2. The van der Waals surface area contributed by atoms with E-state index in [2.05, 4.69) is 6.58 Å². The van der Waals surface area contributed by atoms with E-state index in [-0.39, 0.29) is 31.3 Å². The lowest BCUT2D eigenvalue weighted by atomic mass is 9.68. The van der Waals surface area contributed by atoms with Crippen molar-refractivity contribution in [2.24, 2.45) is 17.3 Å². The van der Waals surface area contributed by atoms with Crippen LogP contribution in [-0.2, 0) is 23.9 Å². The largest absolute Gasteiger partial charge is 0.465 e. The number of Topliss-reactive ketones (excluding diaryl/α,β-unsaturated/α-hetero) is 1. The van der Waals surface area contributed by atoms with E-state index in [1.807, 2.05) is 0 Å². The molecular formula is C16H22O5. The molecule has 0 heterocycles. The Morgan fingerprint density at radius 2 is 1.81 bits per heavy atom. The Morgan fingerprint density at radius 1 is 1.24 bits per heavy atom. The lowest BCUT2D eigenvalue weighted by Gasteiger charge is -2.34. The zero-order chi connectivity index (χ0) is 15.6. The number of allylic oxidation sites excluding steroid dienone is 1. The van der Waals surface area contributed by atoms with Crippen molar-refractivity contribution in [1.82, 2.24) is 0 Å². The van der Waals surface area contributed by atoms with Crippen LogP contribution in [0.2, 0.25) is 0 Å². The number of ether oxygens (including phenoxy) is 2. The van der Waals surface area contributed by atoms with Crippen LogP contribution in [-0.4, -0.2) is 30.9 Å². The first-order valence-corrected chi connectivity index (χ1v) is 7.53. The first-order chi connectivity index (χ1) is 9.98. The standard InChI is InChI=1S/C16H22O5/c1-4-20-14(18)16(15(19)21-5-2)9-10(3)13-11(16)7-6-8-12(13)17/h11,13H,3-9H2,1-2H3. The lowest BCUT2D eigenvalue weighted by Crippen LogP contribution is -2.47. The summed E-state index contributed by atoms with van der Waals surface area (Å²) in [5.74, 6) is -1.86. The molecule has 0 aromatic carbocycles. The van der Waals surface area contributed by atoms with Gasteiger partial charge in [-0.05, 0) is 39.0 Å². The van der Waals surface area contributed by atoms with Crippen LogP contribution >= 0.6 is 0 Å². The van der Waals surface area contributed by atoms with Crippen molar-refractivity contribution in [3.8, 4) is 0 Å². The van der Waals surface area contributed by atoms with E-state index in [9.17, 15) is 14.4 Å². The second-order valence-electron chi connectivity index (χ2n) is 5.69. The van der Waals surface area contributed by atoms with Gasteiger partial charge in [0, 0.05) is 12.3 Å². The number of esters is 2. The molecule has 0 bridgehead atoms. The highest BCUT2D eigenvalue weighted by molar-refractivity contribution is 6.03. The maximum absolute atomic E-state index is 12.5. The lowest BCUT2D eigenvalue weighted by molar-refractivity contribution is -0.176. The Kier molecular flexibility index (Phi) is 4.49. The molecule has 2 aliphatic carbocycles. The van der Waals surface area contributed by atoms with Crippen molar-refractivity contribution in [1.29, 1.82) is 0 Å². The second-order valence-corrected chi connectivity index (χ2v) is 5.69. The molecule has 2 saturated carbocycles. The molecule has 21 heavy (non-hydrogen) atoms. The number of carbonyl (C=O) groups excluding carboxylic acids is 3. The SMILES string of the molecule is C=C1CC(C(=O)OCC)(C(=O)OCC)C2CCCC(=O)C12. The van der Waals surface area contributed by atoms with E-state index in [0.717, 1.165) is 0 Å². The van der Waals surface area contributed by atoms with Crippen LogP contribution in [0.25, 0.3) is 0 Å². The predicted octanol–water partition coefficient (Wildman–Crippen LogP) is 2.04. The zero-order valence-electron chi connectivity index (χ0n) is 12.6. The van der Waals surface area contributed by atoms with Crippen LogP contribution in [0.15, 0.2) is 12.2 Å². The summed E-state index contributed by atoms with van der Waals surface area (Å²) in [5, 5.41) is 0. The quantitative estimate of drug-likeness (QED) is 0.451. The first-order valence-electron chi connectivity index (χ1n) is 7.53. The molecule has 0 aromatic heterocycles. The van der Waals surface area contributed by atoms with Crippen molar-refractivity contribution >= 4 is 17.7 Å². The van der Waals surface area contributed by atoms with Gasteiger partial charge in [0.2, 0.25) is 0 Å². The smallest absolute Gasteiger partial charge is 0.324 e. The third-order valence-electron chi connectivity index (χ3n) is 4.55. The van der Waals surface area contributed by atoms with Gasteiger partial charge in [-0.15, -0.1) is 0 Å². The molecule has 2 fully saturated rings. The molecule has 5 nitrogen and oxygen atoms in total. The zero-order valence-corrected chi connectivity index (χ0v) is 12.6. The molecule has 5 heteroatoms. The molecule has 2 atom stereocenters. The van der Waals surface area contributed by atoms with Gasteiger partial charge in [-0.1, -0.05) is 12.2 Å². The summed E-state index contributed by atoms with van der Waals surface area (Å²) in [5.41, 5.74) is -0.727. The topological polar surface area (TPSA) is 69.7 Å². The molecule has 0 radical (unpaired) electrons. The summed E-state index contributed by atoms with van der Waals surface area (Å²) < 4.78 is 10.3. The summed E-state index contributed by atoms with van der Waals surface area (Å²) in [6.45, 7) is 7.71. The number of fused-ring (bicyclic) bond motifs is 1. The highest BCUT2D eigenvalue weighted by atomic mass is 16.6. The number of ketones is 1. The fourth-order valence-electron chi connectivity index (χ4n) is 3.74. The Morgan fingerprint density at radius 3 is 2.33 bits per heavy atom. The maximum Gasteiger partial charge on any atom is 0.324 e. The van der Waals surface area contributed by atoms with Crippen molar-refractivity contribution in [2.75, 3.05) is 13.2 Å². The van der Waals surface area contributed by atoms with Gasteiger partial charge >= 0.3 is 11.9 Å². The summed E-state index contributed by atoms with van der Waals surface area (Å²) in [7, 11) is 0. The van der Waals surface area contributed by atoms with Gasteiger partial charge in [0.25, 0.3) is 0 Å². The van der Waals surface area contributed by atoms with Gasteiger partial charge in [-0.2, -0.15) is 0 Å². The summed E-state index contributed by atoms with van der Waals surface area (Å²) in [6, 6.07) is 0. The van der Waals surface area contributed by atoms with Gasteiger partial charge in [-0.3, -0.25) is 14.4 Å². The molecule has 116 valence electrons. The minimum absolute atomic E-state index is 0.0757. The van der Waals surface area contributed by atoms with Crippen molar-refractivity contribution < 1.29 is 23.9 Å². The number of rotatable bonds is 4. The average molecular weight is 294 g/mol. The molecule has 2 aliphatic rings. The van der Waals surface area contributed by atoms with Crippen LogP contribution in [0.5, 0.6) is 0 Å². The molecule has 0 aromatic rings. The highest BCUT2D eigenvalue weighted by Crippen LogP contribution is 2.55. The van der Waals surface area contributed by atoms with E-state index in [1.54, 1.807) is 13.8 Å². The van der Waals surface area contributed by atoms with Crippen LogP contribution < -0.4 is 0 Å². The molecule has 0 saturated heterocycles. The third-order valence-corrected chi connectivity index (χ3v) is 4.55. The second kappa shape index (κ2) is 6.00. The van der Waals surface area contributed by atoms with Crippen molar-refractivity contribution in [3.63, 3.8) is 0 Å². The summed E-state index contributed by atoms with van der Waals surface area (Å²) >= 11 is 0. The molecular weight excluding hydrogens is 272 g/mol. The van der Waals surface area contributed by atoms with Crippen LogP contribution in [0.3, 0.4) is 0 Å². The van der Waals surface area contributed by atoms with Gasteiger partial charge in [0.15, 0.2) is 5.41 Å². The first kappa shape index (κ1) is 15.7. The summed E-state index contributed by atoms with van der Waals surface area (Å²) in [6.07, 6.45) is 1.98. The molecule has 2 rings (SSSR count). The predicted molar refractivity (Wildman–Crippen MR) is 75.3 cm³/mol.